The first kappa shape index (κ1) is 9.45. The predicted octanol–water partition coefficient (Wildman–Crippen LogP) is 2.21. The topological polar surface area (TPSA) is 37.0 Å². The molecule has 3 nitrogen and oxygen atoms in total. The molecule has 1 aliphatic heterocycles. The first-order valence-electron chi connectivity index (χ1n) is 4.08. The number of nitrogens with one attached hydrogen (secondary N) is 2. The van der Waals surface area contributed by atoms with Gasteiger partial charge in [-0.15, -0.1) is 0 Å². The number of alkyl halides is 2. The molecule has 0 fully saturated rings. The third kappa shape index (κ3) is 1.87. The van der Waals surface area contributed by atoms with Crippen molar-refractivity contribution in [2.24, 2.45) is 0 Å². The molecule has 0 radical (unpaired) electrons. The largest absolute Gasteiger partial charge is 0.376 e. The van der Waals surface area contributed by atoms with Gasteiger partial charge in [-0.1, -0.05) is 11.6 Å². The third-order valence-corrected chi connectivity index (χ3v) is 2.11. The summed E-state index contributed by atoms with van der Waals surface area (Å²) in [4.78, 5) is 3.91. The second-order valence-electron chi connectivity index (χ2n) is 3.11. The molecule has 0 aliphatic carbocycles. The highest BCUT2D eigenvalue weighted by atomic mass is 35.5. The Labute approximate surface area is 84.5 Å². The number of fused-ring (bicyclic) bond motifs is 1. The van der Waals surface area contributed by atoms with E-state index in [4.69, 9.17) is 11.6 Å². The summed E-state index contributed by atoms with van der Waals surface area (Å²) in [5, 5.41) is 5.58. The summed E-state index contributed by atoms with van der Waals surface area (Å²) in [6, 6.07) is 1.57. The van der Waals surface area contributed by atoms with Gasteiger partial charge in [0.1, 0.15) is 5.82 Å². The van der Waals surface area contributed by atoms with Crippen LogP contribution in [0.15, 0.2) is 12.3 Å². The Balaban J connectivity index is 2.30. The Morgan fingerprint density at radius 1 is 1.36 bits per heavy atom. The summed E-state index contributed by atoms with van der Waals surface area (Å²) >= 11 is 5.68. The Morgan fingerprint density at radius 3 is 2.86 bits per heavy atom. The van der Waals surface area contributed by atoms with Crippen LogP contribution in [0.2, 0.25) is 5.02 Å². The molecule has 1 aromatic rings. The van der Waals surface area contributed by atoms with Crippen LogP contribution in [-0.2, 0) is 0 Å². The molecule has 0 saturated heterocycles. The van der Waals surface area contributed by atoms with Crippen LogP contribution in [-0.4, -0.2) is 24.0 Å². The van der Waals surface area contributed by atoms with Gasteiger partial charge in [0, 0.05) is 6.20 Å². The molecule has 2 N–H and O–H groups in total. The Hall–Kier alpha value is -1.10. The predicted molar refractivity (Wildman–Crippen MR) is 51.2 cm³/mol. The molecule has 0 spiro atoms. The van der Waals surface area contributed by atoms with E-state index in [0.717, 1.165) is 0 Å². The van der Waals surface area contributed by atoms with Gasteiger partial charge in [0.05, 0.1) is 23.8 Å². The van der Waals surface area contributed by atoms with E-state index < -0.39 is 19.0 Å². The summed E-state index contributed by atoms with van der Waals surface area (Å²) in [5.74, 6) is -2.36. The summed E-state index contributed by atoms with van der Waals surface area (Å²) in [6.07, 6.45) is 1.42. The monoisotopic (exact) mass is 219 g/mol. The molecule has 1 aromatic heterocycles. The average molecular weight is 220 g/mol. The van der Waals surface area contributed by atoms with E-state index in [9.17, 15) is 8.78 Å². The van der Waals surface area contributed by atoms with Crippen molar-refractivity contribution in [3.63, 3.8) is 0 Å². The van der Waals surface area contributed by atoms with Gasteiger partial charge in [-0.05, 0) is 6.07 Å². The zero-order valence-electron chi connectivity index (χ0n) is 7.15. The quantitative estimate of drug-likeness (QED) is 0.703. The molecular formula is C8H8ClF2N3. The number of nitrogens with zero attached hydrogens (tertiary/aromatic N) is 1. The van der Waals surface area contributed by atoms with Crippen molar-refractivity contribution in [2.75, 3.05) is 23.7 Å². The van der Waals surface area contributed by atoms with E-state index in [1.54, 1.807) is 6.07 Å². The van der Waals surface area contributed by atoms with Gasteiger partial charge >= 0.3 is 0 Å². The lowest BCUT2D eigenvalue weighted by Gasteiger charge is -2.12. The average Bonchev–Trinajstić information content (AvgIpc) is 2.26. The Bertz CT molecular complexity index is 356. The number of pyridine rings is 1. The van der Waals surface area contributed by atoms with Crippen molar-refractivity contribution >= 4 is 23.1 Å². The minimum Gasteiger partial charge on any atom is -0.376 e. The van der Waals surface area contributed by atoms with Gasteiger partial charge in [-0.25, -0.2) is 13.8 Å². The van der Waals surface area contributed by atoms with Crippen LogP contribution in [0.3, 0.4) is 0 Å². The fourth-order valence-electron chi connectivity index (χ4n) is 1.21. The van der Waals surface area contributed by atoms with Crippen LogP contribution < -0.4 is 10.6 Å². The third-order valence-electron chi connectivity index (χ3n) is 1.91. The SMILES string of the molecule is FC1(F)CNc2cc(Cl)cnc2NC1. The van der Waals surface area contributed by atoms with Crippen molar-refractivity contribution in [1.29, 1.82) is 0 Å². The molecular weight excluding hydrogens is 212 g/mol. The van der Waals surface area contributed by atoms with E-state index in [1.807, 2.05) is 0 Å². The molecule has 14 heavy (non-hydrogen) atoms. The molecule has 2 heterocycles. The number of rotatable bonds is 0. The maximum absolute atomic E-state index is 12.9. The van der Waals surface area contributed by atoms with Crippen LogP contribution in [0.4, 0.5) is 20.3 Å². The lowest BCUT2D eigenvalue weighted by Crippen LogP contribution is -2.32. The maximum atomic E-state index is 12.9. The maximum Gasteiger partial charge on any atom is 0.281 e. The van der Waals surface area contributed by atoms with E-state index in [2.05, 4.69) is 15.6 Å². The van der Waals surface area contributed by atoms with Gasteiger partial charge in [0.2, 0.25) is 0 Å². The van der Waals surface area contributed by atoms with Crippen molar-refractivity contribution in [2.45, 2.75) is 5.92 Å². The fraction of sp³-hybridized carbons (Fsp3) is 0.375. The first-order chi connectivity index (χ1) is 6.57. The molecule has 0 unspecified atom stereocenters. The van der Waals surface area contributed by atoms with Crippen molar-refractivity contribution in [1.82, 2.24) is 4.98 Å². The Morgan fingerprint density at radius 2 is 2.07 bits per heavy atom. The van der Waals surface area contributed by atoms with Crippen molar-refractivity contribution in [3.05, 3.63) is 17.3 Å². The summed E-state index contributed by atoms with van der Waals surface area (Å²) < 4.78 is 25.9. The summed E-state index contributed by atoms with van der Waals surface area (Å²) in [7, 11) is 0. The second kappa shape index (κ2) is 3.24. The number of halogens is 3. The highest BCUT2D eigenvalue weighted by Gasteiger charge is 2.31. The lowest BCUT2D eigenvalue weighted by atomic mass is 10.3. The minimum absolute atomic E-state index is 0.408. The minimum atomic E-state index is -2.77. The van der Waals surface area contributed by atoms with Crippen LogP contribution >= 0.6 is 11.6 Å². The van der Waals surface area contributed by atoms with Crippen LogP contribution in [0.5, 0.6) is 0 Å². The van der Waals surface area contributed by atoms with Crippen LogP contribution in [0.1, 0.15) is 0 Å². The second-order valence-corrected chi connectivity index (χ2v) is 3.55. The number of aromatic nitrogens is 1. The number of anilines is 2. The van der Waals surface area contributed by atoms with Crippen molar-refractivity contribution in [3.8, 4) is 0 Å². The zero-order valence-corrected chi connectivity index (χ0v) is 7.91. The number of hydrogen-bond acceptors (Lipinski definition) is 3. The molecule has 2 rings (SSSR count). The standard InChI is InChI=1S/C8H8ClF2N3/c9-5-1-6-7(12-2-5)14-4-8(10,11)3-13-6/h1-2,13H,3-4H2,(H,12,14). The molecule has 0 atom stereocenters. The molecule has 1 aliphatic rings. The molecule has 76 valence electrons. The Kier molecular flexibility index (Phi) is 2.19. The normalized spacial score (nSPS) is 18.8. The molecule has 0 amide bonds. The van der Waals surface area contributed by atoms with Crippen LogP contribution in [0.25, 0.3) is 0 Å². The molecule has 0 aromatic carbocycles. The van der Waals surface area contributed by atoms with Crippen molar-refractivity contribution < 1.29 is 8.78 Å². The highest BCUT2D eigenvalue weighted by Crippen LogP contribution is 2.28. The van der Waals surface area contributed by atoms with E-state index in [0.29, 0.717) is 16.5 Å². The van der Waals surface area contributed by atoms with Crippen LogP contribution in [0, 0.1) is 0 Å². The highest BCUT2D eigenvalue weighted by molar-refractivity contribution is 6.30. The van der Waals surface area contributed by atoms with E-state index >= 15 is 0 Å². The first-order valence-corrected chi connectivity index (χ1v) is 4.46. The molecule has 0 bridgehead atoms. The van der Waals surface area contributed by atoms with Gasteiger partial charge in [0.15, 0.2) is 0 Å². The van der Waals surface area contributed by atoms with Gasteiger partial charge in [0.25, 0.3) is 5.92 Å². The molecule has 6 heteroatoms. The zero-order chi connectivity index (χ0) is 10.2. The smallest absolute Gasteiger partial charge is 0.281 e. The molecule has 0 saturated carbocycles. The number of hydrogen-bond donors (Lipinski definition) is 2. The fourth-order valence-corrected chi connectivity index (χ4v) is 1.37. The van der Waals surface area contributed by atoms with Gasteiger partial charge in [-0.2, -0.15) is 0 Å². The van der Waals surface area contributed by atoms with Gasteiger partial charge < -0.3 is 10.6 Å². The van der Waals surface area contributed by atoms with E-state index in [1.165, 1.54) is 6.20 Å². The lowest BCUT2D eigenvalue weighted by molar-refractivity contribution is 0.0309. The summed E-state index contributed by atoms with van der Waals surface area (Å²) in [6.45, 7) is -0.823. The van der Waals surface area contributed by atoms with E-state index in [-0.39, 0.29) is 0 Å². The summed E-state index contributed by atoms with van der Waals surface area (Å²) in [5.41, 5.74) is 0.509. The van der Waals surface area contributed by atoms with Gasteiger partial charge in [-0.3, -0.25) is 0 Å².